The highest BCUT2D eigenvalue weighted by molar-refractivity contribution is 5.80. The van der Waals surface area contributed by atoms with Crippen molar-refractivity contribution in [3.8, 4) is 0 Å². The predicted molar refractivity (Wildman–Crippen MR) is 85.8 cm³/mol. The fraction of sp³-hybridized carbons (Fsp3) is 0.867. The van der Waals surface area contributed by atoms with Gasteiger partial charge < -0.3 is 15.0 Å². The molecular formula is C15H27F3N4O2. The van der Waals surface area contributed by atoms with Crippen molar-refractivity contribution in [3.05, 3.63) is 0 Å². The summed E-state index contributed by atoms with van der Waals surface area (Å²) in [6.07, 6.45) is -2.16. The Kier molecular flexibility index (Phi) is 8.30. The van der Waals surface area contributed by atoms with Gasteiger partial charge in [0.25, 0.3) is 0 Å². The number of ether oxygens (including phenoxy) is 1. The number of hydrogen-bond donors (Lipinski definition) is 1. The second-order valence-electron chi connectivity index (χ2n) is 5.96. The number of piperidine rings is 1. The van der Waals surface area contributed by atoms with Crippen molar-refractivity contribution >= 4 is 11.9 Å². The second-order valence-corrected chi connectivity index (χ2v) is 5.96. The maximum absolute atomic E-state index is 12.2. The largest absolute Gasteiger partial charge is 0.469 e. The van der Waals surface area contributed by atoms with Gasteiger partial charge in [0.2, 0.25) is 0 Å². The first-order valence-electron chi connectivity index (χ1n) is 8.05. The highest BCUT2D eigenvalue weighted by Gasteiger charge is 2.29. The van der Waals surface area contributed by atoms with E-state index in [0.717, 1.165) is 5.96 Å². The van der Waals surface area contributed by atoms with Crippen molar-refractivity contribution in [3.63, 3.8) is 0 Å². The maximum atomic E-state index is 12.2. The molecule has 0 bridgehead atoms. The number of methoxy groups -OCH3 is 1. The summed E-state index contributed by atoms with van der Waals surface area (Å²) in [6.45, 7) is 1.41. The number of likely N-dealkylation sites (tertiary alicyclic amines) is 1. The van der Waals surface area contributed by atoms with E-state index >= 15 is 0 Å². The van der Waals surface area contributed by atoms with Gasteiger partial charge in [-0.05, 0) is 32.9 Å². The minimum Gasteiger partial charge on any atom is -0.469 e. The Morgan fingerprint density at radius 1 is 1.38 bits per heavy atom. The third-order valence-corrected chi connectivity index (χ3v) is 3.99. The Balaban J connectivity index is 2.28. The smallest absolute Gasteiger partial charge is 0.401 e. The average Bonchev–Trinajstić information content (AvgIpc) is 2.53. The quantitative estimate of drug-likeness (QED) is 0.338. The van der Waals surface area contributed by atoms with Crippen molar-refractivity contribution in [2.75, 3.05) is 53.9 Å². The molecule has 1 aliphatic rings. The number of carbonyl (C=O) groups is 1. The van der Waals surface area contributed by atoms with E-state index in [0.29, 0.717) is 45.4 Å². The molecule has 0 aromatic carbocycles. The molecule has 0 aromatic rings. The van der Waals surface area contributed by atoms with Crippen LogP contribution in [-0.4, -0.2) is 81.8 Å². The normalized spacial score (nSPS) is 17.3. The lowest BCUT2D eigenvalue weighted by molar-refractivity contribution is -0.146. The first-order chi connectivity index (χ1) is 11.3. The Bertz CT molecular complexity index is 421. The number of hydrogen-bond acceptors (Lipinski definition) is 4. The molecule has 0 radical (unpaired) electrons. The van der Waals surface area contributed by atoms with Crippen LogP contribution in [0.3, 0.4) is 0 Å². The highest BCUT2D eigenvalue weighted by Crippen LogP contribution is 2.18. The summed E-state index contributed by atoms with van der Waals surface area (Å²) in [5.41, 5.74) is 0. The van der Waals surface area contributed by atoms with E-state index in [1.807, 2.05) is 0 Å². The second kappa shape index (κ2) is 9.71. The van der Waals surface area contributed by atoms with Gasteiger partial charge in [-0.15, -0.1) is 0 Å². The summed E-state index contributed by atoms with van der Waals surface area (Å²) in [5.74, 6) is 0.475. The van der Waals surface area contributed by atoms with E-state index in [9.17, 15) is 18.0 Å². The van der Waals surface area contributed by atoms with Crippen LogP contribution in [0.2, 0.25) is 0 Å². The van der Waals surface area contributed by atoms with E-state index in [1.165, 1.54) is 19.1 Å². The summed E-state index contributed by atoms with van der Waals surface area (Å²) < 4.78 is 41.5. The minimum absolute atomic E-state index is 0.0691. The molecule has 1 heterocycles. The monoisotopic (exact) mass is 352 g/mol. The topological polar surface area (TPSA) is 57.2 Å². The molecule has 6 nitrogen and oxygen atoms in total. The SMILES string of the molecule is CN=C(NCCCN(C)CC(F)(F)F)N1CCC(C(=O)OC)CC1. The van der Waals surface area contributed by atoms with Crippen LogP contribution in [0.25, 0.3) is 0 Å². The zero-order valence-electron chi connectivity index (χ0n) is 14.5. The average molecular weight is 352 g/mol. The molecule has 24 heavy (non-hydrogen) atoms. The number of carbonyl (C=O) groups excluding carboxylic acids is 1. The van der Waals surface area contributed by atoms with E-state index in [4.69, 9.17) is 4.74 Å². The van der Waals surface area contributed by atoms with Crippen molar-refractivity contribution in [1.82, 2.24) is 15.1 Å². The van der Waals surface area contributed by atoms with Gasteiger partial charge in [-0.25, -0.2) is 0 Å². The standard InChI is InChI=1S/C15H27F3N4O2/c1-19-14(20-7-4-8-21(2)11-15(16,17)18)22-9-5-12(6-10-22)13(23)24-3/h12H,4-11H2,1-3H3,(H,19,20). The number of guanidine groups is 1. The molecule has 9 heteroatoms. The van der Waals surface area contributed by atoms with Gasteiger partial charge in [0.05, 0.1) is 19.6 Å². The maximum Gasteiger partial charge on any atom is 0.401 e. The molecule has 0 saturated carbocycles. The molecule has 0 unspecified atom stereocenters. The Morgan fingerprint density at radius 2 is 2.00 bits per heavy atom. The van der Waals surface area contributed by atoms with Crippen LogP contribution in [-0.2, 0) is 9.53 Å². The van der Waals surface area contributed by atoms with Crippen LogP contribution in [0.5, 0.6) is 0 Å². The lowest BCUT2D eigenvalue weighted by Gasteiger charge is -2.33. The van der Waals surface area contributed by atoms with Crippen LogP contribution in [0, 0.1) is 5.92 Å². The zero-order valence-corrected chi connectivity index (χ0v) is 14.5. The lowest BCUT2D eigenvalue weighted by atomic mass is 9.97. The first kappa shape index (κ1) is 20.5. The van der Waals surface area contributed by atoms with Crippen LogP contribution in [0.1, 0.15) is 19.3 Å². The zero-order chi connectivity index (χ0) is 18.2. The van der Waals surface area contributed by atoms with E-state index < -0.39 is 12.7 Å². The molecule has 140 valence electrons. The summed E-state index contributed by atoms with van der Waals surface area (Å²) >= 11 is 0. The van der Waals surface area contributed by atoms with Crippen LogP contribution in [0.4, 0.5) is 13.2 Å². The van der Waals surface area contributed by atoms with Crippen molar-refractivity contribution in [2.45, 2.75) is 25.4 Å². The van der Waals surface area contributed by atoms with Crippen molar-refractivity contribution < 1.29 is 22.7 Å². The summed E-state index contributed by atoms with van der Waals surface area (Å²) in [5, 5.41) is 3.17. The lowest BCUT2D eigenvalue weighted by Crippen LogP contribution is -2.47. The molecule has 0 amide bonds. The van der Waals surface area contributed by atoms with Gasteiger partial charge >= 0.3 is 12.1 Å². The van der Waals surface area contributed by atoms with Crippen LogP contribution in [0.15, 0.2) is 4.99 Å². The molecule has 0 spiro atoms. The number of halogens is 3. The molecule has 1 N–H and O–H groups in total. The predicted octanol–water partition coefficient (Wildman–Crippen LogP) is 1.33. The van der Waals surface area contributed by atoms with Gasteiger partial charge in [-0.2, -0.15) is 13.2 Å². The summed E-state index contributed by atoms with van der Waals surface area (Å²) in [7, 11) is 4.52. The van der Waals surface area contributed by atoms with Gasteiger partial charge in [0, 0.05) is 26.7 Å². The van der Waals surface area contributed by atoms with Gasteiger partial charge in [0.1, 0.15) is 0 Å². The molecule has 1 rings (SSSR count). The summed E-state index contributed by atoms with van der Waals surface area (Å²) in [6, 6.07) is 0. The number of nitrogens with one attached hydrogen (secondary N) is 1. The van der Waals surface area contributed by atoms with Crippen LogP contribution < -0.4 is 5.32 Å². The van der Waals surface area contributed by atoms with Crippen molar-refractivity contribution in [2.24, 2.45) is 10.9 Å². The number of alkyl halides is 3. The summed E-state index contributed by atoms with van der Waals surface area (Å²) in [4.78, 5) is 19.0. The highest BCUT2D eigenvalue weighted by atomic mass is 19.4. The Hall–Kier alpha value is -1.51. The molecular weight excluding hydrogens is 325 g/mol. The molecule has 0 aliphatic carbocycles. The van der Waals surface area contributed by atoms with E-state index in [2.05, 4.69) is 15.2 Å². The third kappa shape index (κ3) is 7.37. The number of aliphatic imine (C=N–C) groups is 1. The van der Waals surface area contributed by atoms with Gasteiger partial charge in [0.15, 0.2) is 5.96 Å². The fourth-order valence-corrected chi connectivity index (χ4v) is 2.76. The number of nitrogens with zero attached hydrogens (tertiary/aromatic N) is 3. The van der Waals surface area contributed by atoms with Gasteiger partial charge in [-0.3, -0.25) is 14.7 Å². The Labute approximate surface area is 141 Å². The van der Waals surface area contributed by atoms with Gasteiger partial charge in [-0.1, -0.05) is 0 Å². The minimum atomic E-state index is -4.16. The molecule has 1 saturated heterocycles. The molecule has 1 aliphatic heterocycles. The van der Waals surface area contributed by atoms with E-state index in [1.54, 1.807) is 7.05 Å². The number of rotatable bonds is 6. The van der Waals surface area contributed by atoms with Crippen molar-refractivity contribution in [1.29, 1.82) is 0 Å². The first-order valence-corrected chi connectivity index (χ1v) is 8.05. The van der Waals surface area contributed by atoms with E-state index in [-0.39, 0.29) is 11.9 Å². The molecule has 0 aromatic heterocycles. The molecule has 0 atom stereocenters. The Morgan fingerprint density at radius 3 is 2.50 bits per heavy atom. The van der Waals surface area contributed by atoms with Crippen LogP contribution >= 0.6 is 0 Å². The fourth-order valence-electron chi connectivity index (χ4n) is 2.76. The third-order valence-electron chi connectivity index (χ3n) is 3.99. The number of esters is 1. The molecule has 1 fully saturated rings.